The Morgan fingerprint density at radius 2 is 2.06 bits per heavy atom. The lowest BCUT2D eigenvalue weighted by atomic mass is 9.97. The summed E-state index contributed by atoms with van der Waals surface area (Å²) < 4.78 is 0. The molecule has 0 aromatic carbocycles. The summed E-state index contributed by atoms with van der Waals surface area (Å²) in [6.45, 7) is 2.16. The molecule has 1 fully saturated rings. The van der Waals surface area contributed by atoms with Crippen molar-refractivity contribution >= 4 is 0 Å². The number of nitrogens with zero attached hydrogens (tertiary/aromatic N) is 2. The average Bonchev–Trinajstić information content (AvgIpc) is 2.72. The minimum absolute atomic E-state index is 0.137. The monoisotopic (exact) mass is 218 g/mol. The molecule has 0 amide bonds. The quantitative estimate of drug-likeness (QED) is 0.735. The van der Waals surface area contributed by atoms with Gasteiger partial charge in [0.15, 0.2) is 0 Å². The zero-order valence-corrected chi connectivity index (χ0v) is 9.45. The number of nitrogens with two attached hydrogens (primary N) is 1. The first-order valence-electron chi connectivity index (χ1n) is 6.16. The standard InChI is InChI=1S/C12H18N4/c13-10-2-1-9-7-15-12(16-11(9)10)8-3-5-14-6-4-8/h7-8,10,14H,1-6,13H2. The van der Waals surface area contributed by atoms with Gasteiger partial charge in [-0.15, -0.1) is 0 Å². The van der Waals surface area contributed by atoms with Gasteiger partial charge in [0, 0.05) is 18.2 Å². The molecule has 1 aliphatic carbocycles. The lowest BCUT2D eigenvalue weighted by Gasteiger charge is -2.21. The van der Waals surface area contributed by atoms with E-state index in [-0.39, 0.29) is 6.04 Å². The molecule has 1 aromatic heterocycles. The van der Waals surface area contributed by atoms with Gasteiger partial charge in [-0.1, -0.05) is 0 Å². The summed E-state index contributed by atoms with van der Waals surface area (Å²) in [7, 11) is 0. The van der Waals surface area contributed by atoms with E-state index in [9.17, 15) is 0 Å². The minimum atomic E-state index is 0.137. The summed E-state index contributed by atoms with van der Waals surface area (Å²) in [6.07, 6.45) is 6.36. The number of hydrogen-bond acceptors (Lipinski definition) is 4. The van der Waals surface area contributed by atoms with E-state index in [1.807, 2.05) is 6.20 Å². The molecule has 2 heterocycles. The van der Waals surface area contributed by atoms with Crippen LogP contribution in [0.5, 0.6) is 0 Å². The molecule has 0 radical (unpaired) electrons. The van der Waals surface area contributed by atoms with Crippen LogP contribution in [0.1, 0.15) is 48.3 Å². The molecule has 1 saturated heterocycles. The lowest BCUT2D eigenvalue weighted by Crippen LogP contribution is -2.27. The van der Waals surface area contributed by atoms with Crippen molar-refractivity contribution < 1.29 is 0 Å². The fraction of sp³-hybridized carbons (Fsp3) is 0.667. The van der Waals surface area contributed by atoms with E-state index in [0.717, 1.165) is 50.3 Å². The van der Waals surface area contributed by atoms with Gasteiger partial charge in [0.05, 0.1) is 5.69 Å². The SMILES string of the molecule is NC1CCc2cnc(C3CCNCC3)nc21. The number of nitrogens with one attached hydrogen (secondary N) is 1. The van der Waals surface area contributed by atoms with E-state index >= 15 is 0 Å². The third kappa shape index (κ3) is 1.72. The molecule has 1 unspecified atom stereocenters. The zero-order chi connectivity index (χ0) is 11.0. The normalized spacial score (nSPS) is 25.7. The van der Waals surface area contributed by atoms with Crippen LogP contribution in [0.2, 0.25) is 0 Å². The van der Waals surface area contributed by atoms with E-state index in [1.165, 1.54) is 5.56 Å². The van der Waals surface area contributed by atoms with Gasteiger partial charge in [-0.2, -0.15) is 0 Å². The van der Waals surface area contributed by atoms with Gasteiger partial charge < -0.3 is 11.1 Å². The smallest absolute Gasteiger partial charge is 0.131 e. The maximum Gasteiger partial charge on any atom is 0.131 e. The second kappa shape index (κ2) is 4.11. The van der Waals surface area contributed by atoms with Crippen molar-refractivity contribution in [3.8, 4) is 0 Å². The molecule has 0 saturated carbocycles. The van der Waals surface area contributed by atoms with Crippen molar-refractivity contribution in [2.24, 2.45) is 5.73 Å². The second-order valence-corrected chi connectivity index (χ2v) is 4.81. The van der Waals surface area contributed by atoms with Crippen LogP contribution in [0.4, 0.5) is 0 Å². The maximum atomic E-state index is 6.04. The number of rotatable bonds is 1. The Labute approximate surface area is 95.7 Å². The lowest BCUT2D eigenvalue weighted by molar-refractivity contribution is 0.443. The van der Waals surface area contributed by atoms with Crippen molar-refractivity contribution in [1.29, 1.82) is 0 Å². The van der Waals surface area contributed by atoms with E-state index in [4.69, 9.17) is 10.7 Å². The van der Waals surface area contributed by atoms with Crippen molar-refractivity contribution in [2.45, 2.75) is 37.6 Å². The van der Waals surface area contributed by atoms with Crippen LogP contribution in [0, 0.1) is 0 Å². The van der Waals surface area contributed by atoms with E-state index in [0.29, 0.717) is 5.92 Å². The average molecular weight is 218 g/mol. The third-order valence-corrected chi connectivity index (χ3v) is 3.70. The zero-order valence-electron chi connectivity index (χ0n) is 9.45. The Morgan fingerprint density at radius 1 is 1.25 bits per heavy atom. The van der Waals surface area contributed by atoms with Gasteiger partial charge in [0.2, 0.25) is 0 Å². The van der Waals surface area contributed by atoms with Crippen LogP contribution in [-0.2, 0) is 6.42 Å². The van der Waals surface area contributed by atoms with Crippen molar-refractivity contribution in [3.63, 3.8) is 0 Å². The summed E-state index contributed by atoms with van der Waals surface area (Å²) in [4.78, 5) is 9.21. The van der Waals surface area contributed by atoms with Crippen LogP contribution in [0.15, 0.2) is 6.20 Å². The van der Waals surface area contributed by atoms with Gasteiger partial charge in [-0.05, 0) is 44.3 Å². The molecule has 1 atom stereocenters. The summed E-state index contributed by atoms with van der Waals surface area (Å²) in [5, 5.41) is 3.37. The predicted molar refractivity (Wildman–Crippen MR) is 62.1 cm³/mol. The van der Waals surface area contributed by atoms with Crippen LogP contribution in [0.3, 0.4) is 0 Å². The van der Waals surface area contributed by atoms with Crippen molar-refractivity contribution in [1.82, 2.24) is 15.3 Å². The highest BCUT2D eigenvalue weighted by molar-refractivity contribution is 5.26. The van der Waals surface area contributed by atoms with Gasteiger partial charge in [-0.3, -0.25) is 0 Å². The summed E-state index contributed by atoms with van der Waals surface area (Å²) in [5.41, 5.74) is 8.40. The molecular formula is C12H18N4. The Hall–Kier alpha value is -1.00. The third-order valence-electron chi connectivity index (χ3n) is 3.70. The van der Waals surface area contributed by atoms with E-state index < -0.39 is 0 Å². The van der Waals surface area contributed by atoms with Gasteiger partial charge in [-0.25, -0.2) is 9.97 Å². The molecule has 3 rings (SSSR count). The molecule has 4 heteroatoms. The van der Waals surface area contributed by atoms with Crippen molar-refractivity contribution in [3.05, 3.63) is 23.3 Å². The van der Waals surface area contributed by atoms with Crippen LogP contribution >= 0.6 is 0 Å². The second-order valence-electron chi connectivity index (χ2n) is 4.81. The molecule has 1 aromatic rings. The molecule has 0 bridgehead atoms. The highest BCUT2D eigenvalue weighted by atomic mass is 14.9. The van der Waals surface area contributed by atoms with Crippen LogP contribution < -0.4 is 11.1 Å². The highest BCUT2D eigenvalue weighted by Gasteiger charge is 2.24. The molecular weight excluding hydrogens is 200 g/mol. The van der Waals surface area contributed by atoms with Crippen LogP contribution in [0.25, 0.3) is 0 Å². The van der Waals surface area contributed by atoms with E-state index in [2.05, 4.69) is 10.3 Å². The number of fused-ring (bicyclic) bond motifs is 1. The van der Waals surface area contributed by atoms with Crippen LogP contribution in [-0.4, -0.2) is 23.1 Å². The summed E-state index contributed by atoms with van der Waals surface area (Å²) in [5.74, 6) is 1.54. The van der Waals surface area contributed by atoms with Gasteiger partial charge in [0.1, 0.15) is 5.82 Å². The Kier molecular flexibility index (Phi) is 2.61. The molecule has 4 nitrogen and oxygen atoms in total. The fourth-order valence-electron chi connectivity index (χ4n) is 2.67. The minimum Gasteiger partial charge on any atom is -0.323 e. The Morgan fingerprint density at radius 3 is 2.88 bits per heavy atom. The fourth-order valence-corrected chi connectivity index (χ4v) is 2.67. The number of hydrogen-bond donors (Lipinski definition) is 2. The Balaban J connectivity index is 1.88. The molecule has 2 aliphatic rings. The first-order valence-corrected chi connectivity index (χ1v) is 6.16. The van der Waals surface area contributed by atoms with E-state index in [1.54, 1.807) is 0 Å². The van der Waals surface area contributed by atoms with Crippen molar-refractivity contribution in [2.75, 3.05) is 13.1 Å². The largest absolute Gasteiger partial charge is 0.323 e. The number of aromatic nitrogens is 2. The summed E-state index contributed by atoms with van der Waals surface area (Å²) in [6, 6.07) is 0.137. The molecule has 3 N–H and O–H groups in total. The first-order chi connectivity index (χ1) is 7.84. The molecule has 1 aliphatic heterocycles. The van der Waals surface area contributed by atoms with Gasteiger partial charge >= 0.3 is 0 Å². The highest BCUT2D eigenvalue weighted by Crippen LogP contribution is 2.29. The topological polar surface area (TPSA) is 63.8 Å². The molecule has 16 heavy (non-hydrogen) atoms. The first kappa shape index (κ1) is 10.2. The van der Waals surface area contributed by atoms with Gasteiger partial charge in [0.25, 0.3) is 0 Å². The Bertz CT molecular complexity index is 385. The maximum absolute atomic E-state index is 6.04. The number of aryl methyl sites for hydroxylation is 1. The number of piperidine rings is 1. The predicted octanol–water partition coefficient (Wildman–Crippen LogP) is 0.890. The molecule has 0 spiro atoms. The summed E-state index contributed by atoms with van der Waals surface area (Å²) >= 11 is 0. The molecule has 86 valence electrons.